The van der Waals surface area contributed by atoms with Crippen LogP contribution in [-0.2, 0) is 26.0 Å². The van der Waals surface area contributed by atoms with E-state index in [2.05, 4.69) is 5.32 Å². The first kappa shape index (κ1) is 20.4. The number of rotatable bonds is 8. The number of nitrogens with one attached hydrogen (secondary N) is 1. The molecule has 0 aromatic heterocycles. The molecule has 2 rings (SSSR count). The number of benzene rings is 1. The lowest BCUT2D eigenvalue weighted by Crippen LogP contribution is -2.38. The molecule has 1 amide bonds. The number of Topliss-reactive ketones (excluding diaryl/α,β-unsaturated/α-hetero) is 1. The first-order chi connectivity index (χ1) is 12.1. The largest absolute Gasteiger partial charge is 0.416 e. The van der Waals surface area contributed by atoms with Crippen molar-refractivity contribution in [1.82, 2.24) is 5.32 Å². The highest BCUT2D eigenvalue weighted by atomic mass is 19.4. The summed E-state index contributed by atoms with van der Waals surface area (Å²) in [5.74, 6) is -0.669. The van der Waals surface area contributed by atoms with Gasteiger partial charge in [0.2, 0.25) is 5.91 Å². The van der Waals surface area contributed by atoms with Gasteiger partial charge >= 0.3 is 6.18 Å². The van der Waals surface area contributed by atoms with Crippen LogP contribution in [0.4, 0.5) is 13.2 Å². The minimum absolute atomic E-state index is 0.0337. The molecule has 0 bridgehead atoms. The highest BCUT2D eigenvalue weighted by molar-refractivity contribution is 5.88. The van der Waals surface area contributed by atoms with E-state index >= 15 is 0 Å². The van der Waals surface area contributed by atoms with Gasteiger partial charge in [0.25, 0.3) is 0 Å². The van der Waals surface area contributed by atoms with Crippen LogP contribution >= 0.6 is 0 Å². The van der Waals surface area contributed by atoms with E-state index in [4.69, 9.17) is 10.5 Å². The van der Waals surface area contributed by atoms with Gasteiger partial charge in [-0.05, 0) is 37.5 Å². The summed E-state index contributed by atoms with van der Waals surface area (Å²) >= 11 is 0. The first-order valence-electron chi connectivity index (χ1n) is 8.35. The minimum atomic E-state index is -4.44. The van der Waals surface area contributed by atoms with Crippen LogP contribution in [0.1, 0.15) is 42.4 Å². The standard InChI is InChI=1S/C18H23F3N2O3/c1-11-7-12(9-13(8-11)18(19,20)21)17(5-6-17)23-16(25)4-3-15(24)14(22)10-26-2/h7-9,14H,3-6,10,22H2,1-2H3,(H,23,25)/t14-/m1/s1. The zero-order chi connectivity index (χ0) is 19.5. The summed E-state index contributed by atoms with van der Waals surface area (Å²) in [6.45, 7) is 1.67. The first-order valence-corrected chi connectivity index (χ1v) is 8.35. The van der Waals surface area contributed by atoms with Crippen LogP contribution in [-0.4, -0.2) is 31.4 Å². The van der Waals surface area contributed by atoms with Crippen LogP contribution in [0, 0.1) is 6.92 Å². The van der Waals surface area contributed by atoms with Gasteiger partial charge in [-0.15, -0.1) is 0 Å². The van der Waals surface area contributed by atoms with Crippen molar-refractivity contribution in [2.75, 3.05) is 13.7 Å². The summed E-state index contributed by atoms with van der Waals surface area (Å²) in [6.07, 6.45) is -3.40. The van der Waals surface area contributed by atoms with Crippen molar-refractivity contribution in [3.05, 3.63) is 34.9 Å². The number of hydrogen-bond acceptors (Lipinski definition) is 4. The molecule has 1 aromatic rings. The van der Waals surface area contributed by atoms with Gasteiger partial charge in [0.1, 0.15) is 0 Å². The molecule has 144 valence electrons. The highest BCUT2D eigenvalue weighted by Gasteiger charge is 2.46. The Morgan fingerprint density at radius 3 is 2.46 bits per heavy atom. The predicted octanol–water partition coefficient (Wildman–Crippen LogP) is 2.44. The average Bonchev–Trinajstić information content (AvgIpc) is 3.32. The maximum absolute atomic E-state index is 13.0. The fourth-order valence-electron chi connectivity index (χ4n) is 2.86. The smallest absolute Gasteiger partial charge is 0.383 e. The topological polar surface area (TPSA) is 81.4 Å². The Kier molecular flexibility index (Phi) is 6.08. The van der Waals surface area contributed by atoms with E-state index in [1.807, 2.05) is 0 Å². The highest BCUT2D eigenvalue weighted by Crippen LogP contribution is 2.47. The molecular formula is C18H23F3N2O3. The molecule has 1 aliphatic carbocycles. The van der Waals surface area contributed by atoms with Gasteiger partial charge in [0.15, 0.2) is 5.78 Å². The van der Waals surface area contributed by atoms with Gasteiger partial charge in [-0.25, -0.2) is 0 Å². The number of hydrogen-bond donors (Lipinski definition) is 2. The molecule has 1 aliphatic rings. The average molecular weight is 372 g/mol. The third-order valence-corrected chi connectivity index (χ3v) is 4.44. The van der Waals surface area contributed by atoms with E-state index < -0.39 is 23.3 Å². The summed E-state index contributed by atoms with van der Waals surface area (Å²) in [4.78, 5) is 23.9. The number of ether oxygens (including phenoxy) is 1. The monoisotopic (exact) mass is 372 g/mol. The summed E-state index contributed by atoms with van der Waals surface area (Å²) in [5.41, 5.74) is 5.03. The van der Waals surface area contributed by atoms with Crippen LogP contribution in [0.2, 0.25) is 0 Å². The van der Waals surface area contributed by atoms with Crippen molar-refractivity contribution in [2.45, 2.75) is 50.4 Å². The van der Waals surface area contributed by atoms with E-state index in [0.717, 1.165) is 12.1 Å². The van der Waals surface area contributed by atoms with E-state index in [0.29, 0.717) is 24.0 Å². The second-order valence-corrected chi connectivity index (χ2v) is 6.74. The molecular weight excluding hydrogens is 349 g/mol. The third kappa shape index (κ3) is 5.04. The van der Waals surface area contributed by atoms with Gasteiger partial charge in [-0.2, -0.15) is 13.2 Å². The van der Waals surface area contributed by atoms with E-state index in [9.17, 15) is 22.8 Å². The normalized spacial score (nSPS) is 16.8. The number of amides is 1. The fraction of sp³-hybridized carbons (Fsp3) is 0.556. The third-order valence-electron chi connectivity index (χ3n) is 4.44. The Labute approximate surface area is 150 Å². The quantitative estimate of drug-likeness (QED) is 0.734. The number of nitrogens with two attached hydrogens (primary N) is 1. The number of aryl methyl sites for hydroxylation is 1. The Balaban J connectivity index is 2.02. The fourth-order valence-corrected chi connectivity index (χ4v) is 2.86. The maximum atomic E-state index is 13.0. The van der Waals surface area contributed by atoms with Crippen molar-refractivity contribution in [2.24, 2.45) is 5.73 Å². The lowest BCUT2D eigenvalue weighted by atomic mass is 9.98. The number of halogens is 3. The second-order valence-electron chi connectivity index (χ2n) is 6.74. The van der Waals surface area contributed by atoms with Crippen LogP contribution in [0.15, 0.2) is 18.2 Å². The van der Waals surface area contributed by atoms with Crippen molar-refractivity contribution in [3.63, 3.8) is 0 Å². The van der Waals surface area contributed by atoms with E-state index in [1.54, 1.807) is 13.0 Å². The molecule has 5 nitrogen and oxygen atoms in total. The van der Waals surface area contributed by atoms with Crippen molar-refractivity contribution < 1.29 is 27.5 Å². The molecule has 1 fully saturated rings. The lowest BCUT2D eigenvalue weighted by Gasteiger charge is -2.20. The molecule has 0 spiro atoms. The van der Waals surface area contributed by atoms with E-state index in [-0.39, 0.29) is 31.1 Å². The van der Waals surface area contributed by atoms with Crippen LogP contribution in [0.25, 0.3) is 0 Å². The summed E-state index contributed by atoms with van der Waals surface area (Å²) in [7, 11) is 1.42. The molecule has 1 saturated carbocycles. The van der Waals surface area contributed by atoms with Crippen LogP contribution < -0.4 is 11.1 Å². The maximum Gasteiger partial charge on any atom is 0.416 e. The van der Waals surface area contributed by atoms with Crippen molar-refractivity contribution in [1.29, 1.82) is 0 Å². The molecule has 1 aromatic carbocycles. The lowest BCUT2D eigenvalue weighted by molar-refractivity contribution is -0.137. The summed E-state index contributed by atoms with van der Waals surface area (Å²) in [5, 5.41) is 2.79. The molecule has 3 N–H and O–H groups in total. The molecule has 0 radical (unpaired) electrons. The molecule has 0 unspecified atom stereocenters. The van der Waals surface area contributed by atoms with Gasteiger partial charge in [-0.3, -0.25) is 9.59 Å². The summed E-state index contributed by atoms with van der Waals surface area (Å²) < 4.78 is 43.9. The Morgan fingerprint density at radius 2 is 1.92 bits per heavy atom. The zero-order valence-electron chi connectivity index (χ0n) is 14.8. The molecule has 1 atom stereocenters. The van der Waals surface area contributed by atoms with Gasteiger partial charge in [0, 0.05) is 20.0 Å². The number of methoxy groups -OCH3 is 1. The van der Waals surface area contributed by atoms with Crippen LogP contribution in [0.3, 0.4) is 0 Å². The van der Waals surface area contributed by atoms with Gasteiger partial charge in [0.05, 0.1) is 23.8 Å². The number of alkyl halides is 3. The van der Waals surface area contributed by atoms with Crippen molar-refractivity contribution >= 4 is 11.7 Å². The molecule has 0 saturated heterocycles. The summed E-state index contributed by atoms with van der Waals surface area (Å²) in [6, 6.07) is 3.04. The zero-order valence-corrected chi connectivity index (χ0v) is 14.8. The second kappa shape index (κ2) is 7.75. The predicted molar refractivity (Wildman–Crippen MR) is 89.3 cm³/mol. The Bertz CT molecular complexity index is 685. The van der Waals surface area contributed by atoms with Gasteiger partial charge in [-0.1, -0.05) is 11.6 Å². The van der Waals surface area contributed by atoms with Crippen molar-refractivity contribution in [3.8, 4) is 0 Å². The van der Waals surface area contributed by atoms with Gasteiger partial charge < -0.3 is 15.8 Å². The molecule has 26 heavy (non-hydrogen) atoms. The number of carbonyl (C=O) groups is 2. The minimum Gasteiger partial charge on any atom is -0.383 e. The number of ketones is 1. The molecule has 8 heteroatoms. The molecule has 0 heterocycles. The SMILES string of the molecule is COC[C@@H](N)C(=O)CCC(=O)NC1(c2cc(C)cc(C(F)(F)F)c2)CC1. The van der Waals surface area contributed by atoms with E-state index in [1.165, 1.54) is 7.11 Å². The Hall–Kier alpha value is -1.93. The van der Waals surface area contributed by atoms with Crippen LogP contribution in [0.5, 0.6) is 0 Å². The number of carbonyl (C=O) groups excluding carboxylic acids is 2. The Morgan fingerprint density at radius 1 is 1.27 bits per heavy atom. The molecule has 0 aliphatic heterocycles.